The van der Waals surface area contributed by atoms with Crippen LogP contribution >= 0.6 is 0 Å². The van der Waals surface area contributed by atoms with Gasteiger partial charge in [0.2, 0.25) is 5.88 Å². The monoisotopic (exact) mass is 626 g/mol. The van der Waals surface area contributed by atoms with Crippen LogP contribution in [0.1, 0.15) is 37.7 Å². The van der Waals surface area contributed by atoms with E-state index in [0.29, 0.717) is 43.6 Å². The van der Waals surface area contributed by atoms with E-state index in [-0.39, 0.29) is 75.9 Å². The largest absolute Gasteiger partial charge is 0.508 e. The maximum atomic E-state index is 16.9. The number of phenols is 1. The maximum Gasteiger partial charge on any atom is 0.319 e. The fourth-order valence-electron chi connectivity index (χ4n) is 7.80. The fraction of sp³-hybridized carbons (Fsp3) is 0.412. The summed E-state index contributed by atoms with van der Waals surface area (Å²) in [6, 6.07) is 7.41. The summed E-state index contributed by atoms with van der Waals surface area (Å²) >= 11 is 0. The number of nitriles is 1. The SMILES string of the molecule is C#Cc1c(F)ccc2cc(O)cc(-c3nc4c5c(nc(OC[C@@]67CCCN6C[C@H](F)C7)nc5c3F)N3C[C@H](C#N)CC[C@H]3CO4)c12. The van der Waals surface area contributed by atoms with E-state index < -0.39 is 23.3 Å². The van der Waals surface area contributed by atoms with Crippen LogP contribution in [0, 0.1) is 41.2 Å². The van der Waals surface area contributed by atoms with Crippen LogP contribution in [0.2, 0.25) is 0 Å². The van der Waals surface area contributed by atoms with Crippen LogP contribution in [0.3, 0.4) is 0 Å². The van der Waals surface area contributed by atoms with Gasteiger partial charge in [0.1, 0.15) is 53.4 Å². The average Bonchev–Trinajstić information content (AvgIpc) is 3.53. The molecule has 234 valence electrons. The smallest absolute Gasteiger partial charge is 0.319 e. The fourth-order valence-corrected chi connectivity index (χ4v) is 7.80. The highest BCUT2D eigenvalue weighted by Crippen LogP contribution is 2.45. The van der Waals surface area contributed by atoms with Gasteiger partial charge in [-0.2, -0.15) is 15.2 Å². The molecule has 2 aromatic heterocycles. The number of aromatic nitrogens is 3. The van der Waals surface area contributed by atoms with Crippen LogP contribution in [-0.4, -0.2) is 75.6 Å². The van der Waals surface area contributed by atoms with Gasteiger partial charge in [0.25, 0.3) is 0 Å². The van der Waals surface area contributed by atoms with E-state index in [4.69, 9.17) is 20.9 Å². The summed E-state index contributed by atoms with van der Waals surface area (Å²) in [5.41, 5.74) is -0.914. The summed E-state index contributed by atoms with van der Waals surface area (Å²) in [5.74, 6) is 0.735. The van der Waals surface area contributed by atoms with Gasteiger partial charge in [0.05, 0.1) is 29.1 Å². The molecule has 0 radical (unpaired) electrons. The van der Waals surface area contributed by atoms with E-state index in [1.807, 2.05) is 4.90 Å². The summed E-state index contributed by atoms with van der Waals surface area (Å²) in [6.07, 6.45) is 8.07. The number of anilines is 1. The standard InChI is InChI=1S/C34H29F3N6O3/c1-2-23-25(36)7-5-19-10-22(44)11-24(26(19)23)29-28(37)30-27-31(43-14-18(13-38)4-6-21(43)16-45-32(27)39-29)41-33(40-30)46-17-34-8-3-9-42(34)15-20(35)12-34/h1,5,7,10-11,18,20-21,44H,3-4,6,8-9,12,14-17H2/t18-,20+,21-,34-/m0/s1. The van der Waals surface area contributed by atoms with E-state index in [1.54, 1.807) is 0 Å². The molecule has 12 heteroatoms. The summed E-state index contributed by atoms with van der Waals surface area (Å²) < 4.78 is 58.7. The van der Waals surface area contributed by atoms with Crippen LogP contribution in [0.4, 0.5) is 19.0 Å². The normalized spacial score (nSPS) is 25.4. The number of hydrogen-bond acceptors (Lipinski definition) is 9. The molecule has 6 heterocycles. The third-order valence-electron chi connectivity index (χ3n) is 9.97. The second kappa shape index (κ2) is 10.6. The molecule has 0 aliphatic carbocycles. The summed E-state index contributed by atoms with van der Waals surface area (Å²) in [4.78, 5) is 17.9. The van der Waals surface area contributed by atoms with E-state index >= 15 is 4.39 Å². The van der Waals surface area contributed by atoms with Gasteiger partial charge >= 0.3 is 6.01 Å². The van der Waals surface area contributed by atoms with Crippen molar-refractivity contribution in [2.75, 3.05) is 37.7 Å². The Kier molecular flexibility index (Phi) is 6.62. The summed E-state index contributed by atoms with van der Waals surface area (Å²) in [5, 5.41) is 21.2. The lowest BCUT2D eigenvalue weighted by molar-refractivity contribution is 0.107. The lowest BCUT2D eigenvalue weighted by Crippen LogP contribution is -2.46. The Morgan fingerprint density at radius 2 is 2.02 bits per heavy atom. The Morgan fingerprint density at radius 3 is 2.85 bits per heavy atom. The van der Waals surface area contributed by atoms with Crippen LogP contribution in [-0.2, 0) is 0 Å². The highest BCUT2D eigenvalue weighted by atomic mass is 19.1. The average molecular weight is 627 g/mol. The number of ether oxygens (including phenoxy) is 2. The number of fused-ring (bicyclic) bond motifs is 4. The molecule has 4 aliphatic rings. The van der Waals surface area contributed by atoms with Gasteiger partial charge in [0, 0.05) is 30.5 Å². The van der Waals surface area contributed by atoms with E-state index in [2.05, 4.69) is 26.9 Å². The number of rotatable bonds is 4. The Labute approximate surface area is 262 Å². The van der Waals surface area contributed by atoms with Crippen molar-refractivity contribution >= 4 is 27.5 Å². The van der Waals surface area contributed by atoms with Crippen LogP contribution in [0.25, 0.3) is 32.9 Å². The molecule has 0 saturated carbocycles. The molecule has 0 unspecified atom stereocenters. The molecule has 0 amide bonds. The number of phenolic OH excluding ortho intramolecular Hbond substituents is 1. The number of piperidine rings is 1. The quantitative estimate of drug-likeness (QED) is 0.304. The van der Waals surface area contributed by atoms with Crippen molar-refractivity contribution in [3.05, 3.63) is 41.5 Å². The molecule has 1 N–H and O–H groups in total. The zero-order chi connectivity index (χ0) is 31.7. The van der Waals surface area contributed by atoms with Crippen molar-refractivity contribution in [2.24, 2.45) is 5.92 Å². The van der Waals surface area contributed by atoms with Crippen molar-refractivity contribution in [1.29, 1.82) is 5.26 Å². The molecule has 3 fully saturated rings. The third-order valence-corrected chi connectivity index (χ3v) is 9.97. The minimum atomic E-state index is -0.955. The zero-order valence-electron chi connectivity index (χ0n) is 24.8. The van der Waals surface area contributed by atoms with Crippen molar-refractivity contribution in [3.63, 3.8) is 0 Å². The van der Waals surface area contributed by atoms with Crippen molar-refractivity contribution in [1.82, 2.24) is 19.9 Å². The maximum absolute atomic E-state index is 16.9. The number of hydrogen-bond donors (Lipinski definition) is 1. The molecule has 2 aromatic carbocycles. The molecule has 4 aliphatic heterocycles. The first-order valence-electron chi connectivity index (χ1n) is 15.4. The third kappa shape index (κ3) is 4.38. The number of halogens is 3. The van der Waals surface area contributed by atoms with E-state index in [0.717, 1.165) is 19.4 Å². The first-order chi connectivity index (χ1) is 22.3. The van der Waals surface area contributed by atoms with E-state index in [9.17, 15) is 19.1 Å². The number of aromatic hydroxyl groups is 1. The molecular weight excluding hydrogens is 597 g/mol. The van der Waals surface area contributed by atoms with Crippen LogP contribution < -0.4 is 14.4 Å². The number of alkyl halides is 1. The molecule has 4 aromatic rings. The van der Waals surface area contributed by atoms with Gasteiger partial charge in [-0.25, -0.2) is 18.2 Å². The van der Waals surface area contributed by atoms with Crippen molar-refractivity contribution in [2.45, 2.75) is 49.9 Å². The Morgan fingerprint density at radius 1 is 1.15 bits per heavy atom. The first-order valence-corrected chi connectivity index (χ1v) is 15.4. The Balaban J connectivity index is 1.34. The van der Waals surface area contributed by atoms with Crippen LogP contribution in [0.15, 0.2) is 24.3 Å². The van der Waals surface area contributed by atoms with E-state index in [1.165, 1.54) is 24.3 Å². The van der Waals surface area contributed by atoms with Gasteiger partial charge in [-0.1, -0.05) is 12.0 Å². The molecular formula is C34H29F3N6O3. The van der Waals surface area contributed by atoms with Crippen LogP contribution in [0.5, 0.6) is 17.6 Å². The number of nitrogens with zero attached hydrogens (tertiary/aromatic N) is 6. The number of terminal acetylenes is 1. The number of pyridine rings is 1. The number of benzene rings is 2. The minimum Gasteiger partial charge on any atom is -0.508 e. The molecule has 8 rings (SSSR count). The van der Waals surface area contributed by atoms with Gasteiger partial charge < -0.3 is 19.5 Å². The molecule has 9 nitrogen and oxygen atoms in total. The lowest BCUT2D eigenvalue weighted by Gasteiger charge is -2.37. The second-order valence-electron chi connectivity index (χ2n) is 12.7. The van der Waals surface area contributed by atoms with Gasteiger partial charge in [0.15, 0.2) is 5.82 Å². The Hall–Kier alpha value is -4.81. The highest BCUT2D eigenvalue weighted by molar-refractivity contribution is 6.04. The predicted molar refractivity (Wildman–Crippen MR) is 163 cm³/mol. The van der Waals surface area contributed by atoms with Crippen molar-refractivity contribution < 1.29 is 27.8 Å². The minimum absolute atomic E-state index is 0.0580. The molecule has 4 atom stereocenters. The van der Waals surface area contributed by atoms with Gasteiger partial charge in [-0.3, -0.25) is 4.90 Å². The summed E-state index contributed by atoms with van der Waals surface area (Å²) in [6.45, 7) is 1.80. The van der Waals surface area contributed by atoms with Gasteiger partial charge in [-0.05, 0) is 55.8 Å². The predicted octanol–water partition coefficient (Wildman–Crippen LogP) is 5.27. The first kappa shape index (κ1) is 28.6. The zero-order valence-corrected chi connectivity index (χ0v) is 24.8. The molecule has 0 spiro atoms. The van der Waals surface area contributed by atoms with Crippen molar-refractivity contribution in [3.8, 4) is 47.3 Å². The van der Waals surface area contributed by atoms with Gasteiger partial charge in [-0.15, -0.1) is 6.42 Å². The second-order valence-corrected chi connectivity index (χ2v) is 12.7. The lowest BCUT2D eigenvalue weighted by atomic mass is 9.94. The summed E-state index contributed by atoms with van der Waals surface area (Å²) in [7, 11) is 0. The molecule has 46 heavy (non-hydrogen) atoms. The molecule has 3 saturated heterocycles. The Bertz CT molecular complexity index is 2010. The highest BCUT2D eigenvalue weighted by Gasteiger charge is 2.49. The molecule has 0 bridgehead atoms. The topological polar surface area (TPSA) is 108 Å².